The minimum Gasteiger partial charge on any atom is -0.394 e. The molecule has 91 heavy (non-hydrogen) atoms. The number of aliphatic hydroxyl groups is 7. The van der Waals surface area contributed by atoms with Crippen LogP contribution >= 0.6 is 0 Å². The molecule has 9 atom stereocenters. The normalized spacial score (nSPS) is 18.6. The predicted molar refractivity (Wildman–Crippen MR) is 385 cm³/mol. The van der Waals surface area contributed by atoms with Crippen molar-refractivity contribution in [2.45, 2.75) is 441 Å². The quantitative estimate of drug-likeness (QED) is 0.0215. The number of nitrogens with one attached hydrogen (secondary N) is 1. The van der Waals surface area contributed by atoms with Crippen LogP contribution < -0.4 is 5.32 Å². The maximum Gasteiger partial charge on any atom is 0.249 e. The van der Waals surface area contributed by atoms with Gasteiger partial charge in [-0.1, -0.05) is 351 Å². The molecule has 0 radical (unpaired) electrons. The van der Waals surface area contributed by atoms with Crippen LogP contribution in [0, 0.1) is 0 Å². The van der Waals surface area contributed by atoms with E-state index in [2.05, 4.69) is 67.8 Å². The largest absolute Gasteiger partial charge is 0.394 e. The highest BCUT2D eigenvalue weighted by Crippen LogP contribution is 2.24. The number of allylic oxidation sites excluding steroid dienone is 8. The maximum atomic E-state index is 13.3. The van der Waals surface area contributed by atoms with Crippen LogP contribution in [0.3, 0.4) is 0 Å². The molecule has 1 heterocycles. The molecule has 11 heteroatoms. The van der Waals surface area contributed by atoms with Gasteiger partial charge in [0.25, 0.3) is 0 Å². The fraction of sp³-hybridized carbons (Fsp3) is 0.887. The lowest BCUT2D eigenvalue weighted by molar-refractivity contribution is -0.303. The molecule has 536 valence electrons. The monoisotopic (exact) mass is 1290 g/mol. The zero-order chi connectivity index (χ0) is 66.0. The lowest BCUT2D eigenvalue weighted by atomic mass is 9.98. The third-order valence-corrected chi connectivity index (χ3v) is 19.1. The third kappa shape index (κ3) is 54.8. The van der Waals surface area contributed by atoms with Gasteiger partial charge in [0.2, 0.25) is 5.91 Å². The standard InChI is InChI=1S/C80H151NO10/c1-3-5-7-9-11-13-15-17-19-21-23-25-27-29-31-33-35-36-37-38-40-42-44-46-48-50-52-54-56-58-60-62-64-66-68-73(84)79(89)81-71(70-90-80-78(88)77(87)76(86)74(69-82)91-80)75(85)72(83)67-65-63-61-59-57-55-53-51-49-47-45-43-41-39-34-32-30-28-26-24-22-20-18-16-14-12-10-8-6-4-2/h27,29,33,35,51,53,59,61,71-78,80,82-88H,3-26,28,30-32,34,36-50,52,54-58,60,62-70H2,1-2H3,(H,81,89)/b29-27-,35-33-,53-51+,61-59+. The Bertz CT molecular complexity index is 1620. The summed E-state index contributed by atoms with van der Waals surface area (Å²) in [6.45, 7) is 3.50. The molecule has 0 saturated carbocycles. The van der Waals surface area contributed by atoms with Crippen LogP contribution in [-0.4, -0.2) is 110 Å². The summed E-state index contributed by atoms with van der Waals surface area (Å²) in [7, 11) is 0. The van der Waals surface area contributed by atoms with Gasteiger partial charge in [-0.2, -0.15) is 0 Å². The molecule has 1 amide bonds. The lowest BCUT2D eigenvalue weighted by Crippen LogP contribution is -2.60. The van der Waals surface area contributed by atoms with Gasteiger partial charge >= 0.3 is 0 Å². The summed E-state index contributed by atoms with van der Waals surface area (Å²) in [5, 5.41) is 76.7. The van der Waals surface area contributed by atoms with Crippen molar-refractivity contribution in [3.8, 4) is 0 Å². The second-order valence-corrected chi connectivity index (χ2v) is 27.8. The number of unbranched alkanes of at least 4 members (excludes halogenated alkanes) is 50. The fourth-order valence-electron chi connectivity index (χ4n) is 12.8. The van der Waals surface area contributed by atoms with Crippen molar-refractivity contribution < 1.29 is 50.0 Å². The van der Waals surface area contributed by atoms with Gasteiger partial charge in [0.05, 0.1) is 25.4 Å². The number of hydrogen-bond acceptors (Lipinski definition) is 10. The summed E-state index contributed by atoms with van der Waals surface area (Å²) in [5.41, 5.74) is 0. The van der Waals surface area contributed by atoms with Crippen molar-refractivity contribution >= 4 is 5.91 Å². The minimum absolute atomic E-state index is 0.247. The Morgan fingerprint density at radius 2 is 0.692 bits per heavy atom. The molecule has 0 spiro atoms. The van der Waals surface area contributed by atoms with E-state index in [9.17, 15) is 40.5 Å². The molecule has 1 aliphatic rings. The number of hydrogen-bond donors (Lipinski definition) is 8. The van der Waals surface area contributed by atoms with Crippen molar-refractivity contribution in [1.29, 1.82) is 0 Å². The summed E-state index contributed by atoms with van der Waals surface area (Å²) in [6, 6.07) is -1.19. The summed E-state index contributed by atoms with van der Waals surface area (Å²) >= 11 is 0. The molecule has 0 aromatic heterocycles. The molecule has 9 unspecified atom stereocenters. The van der Waals surface area contributed by atoms with E-state index < -0.39 is 74.2 Å². The fourth-order valence-corrected chi connectivity index (χ4v) is 12.8. The molecule has 1 rings (SSSR count). The van der Waals surface area contributed by atoms with E-state index in [0.717, 1.165) is 44.9 Å². The Morgan fingerprint density at radius 3 is 1.04 bits per heavy atom. The van der Waals surface area contributed by atoms with Crippen molar-refractivity contribution in [2.24, 2.45) is 0 Å². The van der Waals surface area contributed by atoms with Crippen LogP contribution in [-0.2, 0) is 14.3 Å². The van der Waals surface area contributed by atoms with Crippen molar-refractivity contribution in [3.05, 3.63) is 48.6 Å². The molecular formula is C80H151NO10. The van der Waals surface area contributed by atoms with Crippen molar-refractivity contribution in [1.82, 2.24) is 5.32 Å². The first-order valence-corrected chi connectivity index (χ1v) is 39.5. The molecule has 0 aromatic carbocycles. The number of amides is 1. The Balaban J connectivity index is 2.17. The van der Waals surface area contributed by atoms with Crippen LogP contribution in [0.5, 0.6) is 0 Å². The average Bonchev–Trinajstić information content (AvgIpc) is 1.05. The van der Waals surface area contributed by atoms with Gasteiger partial charge < -0.3 is 50.5 Å². The summed E-state index contributed by atoms with van der Waals surface area (Å²) in [6.07, 6.45) is 79.4. The van der Waals surface area contributed by atoms with E-state index in [4.69, 9.17) is 9.47 Å². The highest BCUT2D eigenvalue weighted by atomic mass is 16.7. The molecule has 1 saturated heterocycles. The molecule has 0 bridgehead atoms. The topological polar surface area (TPSA) is 189 Å². The van der Waals surface area contributed by atoms with E-state index >= 15 is 0 Å². The average molecular weight is 1290 g/mol. The zero-order valence-corrected chi connectivity index (χ0v) is 59.6. The Labute approximate surface area is 561 Å². The third-order valence-electron chi connectivity index (χ3n) is 19.1. The van der Waals surface area contributed by atoms with E-state index in [1.165, 1.54) is 295 Å². The molecule has 0 aromatic rings. The van der Waals surface area contributed by atoms with Gasteiger partial charge in [0, 0.05) is 0 Å². The number of ether oxygens (including phenoxy) is 2. The van der Waals surface area contributed by atoms with Gasteiger partial charge in [0.1, 0.15) is 36.6 Å². The van der Waals surface area contributed by atoms with E-state index in [1.807, 2.05) is 0 Å². The number of carbonyl (C=O) groups excluding carboxylic acids is 1. The summed E-state index contributed by atoms with van der Waals surface area (Å²) < 4.78 is 11.2. The minimum atomic E-state index is -1.67. The Kier molecular flexibility index (Phi) is 65.1. The number of aliphatic hydroxyl groups excluding tert-OH is 7. The molecule has 11 nitrogen and oxygen atoms in total. The van der Waals surface area contributed by atoms with Crippen LogP contribution in [0.2, 0.25) is 0 Å². The van der Waals surface area contributed by atoms with Gasteiger partial charge in [-0.3, -0.25) is 4.79 Å². The van der Waals surface area contributed by atoms with E-state index in [0.29, 0.717) is 19.3 Å². The lowest BCUT2D eigenvalue weighted by Gasteiger charge is -2.40. The number of rotatable bonds is 70. The highest BCUT2D eigenvalue weighted by molar-refractivity contribution is 5.80. The number of carbonyl (C=O) groups is 1. The van der Waals surface area contributed by atoms with Gasteiger partial charge in [-0.15, -0.1) is 0 Å². The van der Waals surface area contributed by atoms with Crippen LogP contribution in [0.25, 0.3) is 0 Å². The highest BCUT2D eigenvalue weighted by Gasteiger charge is 2.44. The van der Waals surface area contributed by atoms with Gasteiger partial charge in [0.15, 0.2) is 6.29 Å². The predicted octanol–water partition coefficient (Wildman–Crippen LogP) is 20.3. The van der Waals surface area contributed by atoms with Crippen molar-refractivity contribution in [3.63, 3.8) is 0 Å². The first kappa shape index (κ1) is 87.1. The van der Waals surface area contributed by atoms with Crippen molar-refractivity contribution in [2.75, 3.05) is 13.2 Å². The molecular weight excluding hydrogens is 1130 g/mol. The maximum absolute atomic E-state index is 13.3. The molecule has 0 aliphatic carbocycles. The Morgan fingerprint density at radius 1 is 0.385 bits per heavy atom. The summed E-state index contributed by atoms with van der Waals surface area (Å²) in [5.74, 6) is -0.705. The van der Waals surface area contributed by atoms with E-state index in [-0.39, 0.29) is 12.8 Å². The second kappa shape index (κ2) is 68.0. The Hall–Kier alpha value is -1.93. The van der Waals surface area contributed by atoms with Crippen LogP contribution in [0.15, 0.2) is 48.6 Å². The van der Waals surface area contributed by atoms with E-state index in [1.54, 1.807) is 0 Å². The zero-order valence-electron chi connectivity index (χ0n) is 59.6. The summed E-state index contributed by atoms with van der Waals surface area (Å²) in [4.78, 5) is 13.3. The first-order chi connectivity index (χ1) is 44.7. The van der Waals surface area contributed by atoms with Gasteiger partial charge in [-0.05, 0) is 83.5 Å². The van der Waals surface area contributed by atoms with Gasteiger partial charge in [-0.25, -0.2) is 0 Å². The molecule has 8 N–H and O–H groups in total. The SMILES string of the molecule is CCCCCCCCCCCCC/C=C\C/C=C\CCCCCCCCCCCCCCCCCCC(O)C(=O)NC(COC1OC(CO)C(O)C(O)C1O)C(O)C(O)CCC/C=C/CC/C=C/CCCCCCCCCCCCCCCCCCCCCCC. The molecule has 1 fully saturated rings. The van der Waals surface area contributed by atoms with Crippen LogP contribution in [0.1, 0.15) is 386 Å². The van der Waals surface area contributed by atoms with Crippen LogP contribution in [0.4, 0.5) is 0 Å². The molecule has 1 aliphatic heterocycles. The first-order valence-electron chi connectivity index (χ1n) is 39.5. The second-order valence-electron chi connectivity index (χ2n) is 27.8. The smallest absolute Gasteiger partial charge is 0.249 e.